The van der Waals surface area contributed by atoms with Gasteiger partial charge in [-0.1, -0.05) is 46.9 Å². The second-order valence-electron chi connectivity index (χ2n) is 6.64. The van der Waals surface area contributed by atoms with Crippen LogP contribution < -0.4 is 5.32 Å². The maximum Gasteiger partial charge on any atom is 0.0449 e. The van der Waals surface area contributed by atoms with E-state index in [4.69, 9.17) is 11.6 Å². The van der Waals surface area contributed by atoms with Crippen molar-refractivity contribution < 1.29 is 0 Å². The summed E-state index contributed by atoms with van der Waals surface area (Å²) in [6.07, 6.45) is 6.83. The lowest BCUT2D eigenvalue weighted by Gasteiger charge is -2.38. The van der Waals surface area contributed by atoms with E-state index in [1.165, 1.54) is 31.2 Å². The fourth-order valence-electron chi connectivity index (χ4n) is 4.47. The monoisotopic (exact) mass is 355 g/mol. The normalized spacial score (nSPS) is 31.9. The average molecular weight is 357 g/mol. The van der Waals surface area contributed by atoms with Crippen LogP contribution >= 0.6 is 27.5 Å². The third-order valence-electron chi connectivity index (χ3n) is 5.39. The molecule has 3 heteroatoms. The van der Waals surface area contributed by atoms with Gasteiger partial charge in [0.05, 0.1) is 0 Å². The first-order valence-electron chi connectivity index (χ1n) is 7.77. The molecule has 0 heterocycles. The molecule has 20 heavy (non-hydrogen) atoms. The van der Waals surface area contributed by atoms with Crippen LogP contribution in [-0.4, -0.2) is 13.1 Å². The summed E-state index contributed by atoms with van der Waals surface area (Å²) in [5.41, 5.74) is 1.76. The highest BCUT2D eigenvalue weighted by molar-refractivity contribution is 9.10. The largest absolute Gasteiger partial charge is 0.316 e. The smallest absolute Gasteiger partial charge is 0.0449 e. The second-order valence-corrected chi connectivity index (χ2v) is 7.96. The van der Waals surface area contributed by atoms with Gasteiger partial charge in [-0.15, -0.1) is 0 Å². The molecule has 2 saturated carbocycles. The van der Waals surface area contributed by atoms with Gasteiger partial charge in [-0.3, -0.25) is 0 Å². The summed E-state index contributed by atoms with van der Waals surface area (Å²) in [6, 6.07) is 6.35. The molecule has 0 radical (unpaired) electrons. The maximum atomic E-state index is 6.46. The van der Waals surface area contributed by atoms with Crippen molar-refractivity contribution in [3.63, 3.8) is 0 Å². The third-order valence-corrected chi connectivity index (χ3v) is 6.23. The molecular formula is C17H23BrClN. The van der Waals surface area contributed by atoms with Crippen LogP contribution in [-0.2, 0) is 6.42 Å². The second kappa shape index (κ2) is 5.98. The lowest BCUT2D eigenvalue weighted by molar-refractivity contribution is 0.157. The molecule has 3 rings (SSSR count). The van der Waals surface area contributed by atoms with E-state index in [9.17, 15) is 0 Å². The summed E-state index contributed by atoms with van der Waals surface area (Å²) in [4.78, 5) is 0. The molecule has 0 aliphatic heterocycles. The van der Waals surface area contributed by atoms with E-state index in [0.717, 1.165) is 40.8 Å². The van der Waals surface area contributed by atoms with Gasteiger partial charge >= 0.3 is 0 Å². The van der Waals surface area contributed by atoms with Gasteiger partial charge in [0.15, 0.2) is 0 Å². The van der Waals surface area contributed by atoms with Gasteiger partial charge in [-0.2, -0.15) is 0 Å². The third kappa shape index (κ3) is 2.80. The predicted molar refractivity (Wildman–Crippen MR) is 89.3 cm³/mol. The molecule has 1 aromatic carbocycles. The lowest BCUT2D eigenvalue weighted by atomic mass is 9.69. The van der Waals surface area contributed by atoms with Crippen LogP contribution in [0.1, 0.15) is 38.2 Å². The molecule has 2 aliphatic carbocycles. The van der Waals surface area contributed by atoms with Crippen molar-refractivity contribution in [2.45, 2.75) is 39.0 Å². The summed E-state index contributed by atoms with van der Waals surface area (Å²) in [7, 11) is 0. The van der Waals surface area contributed by atoms with Crippen LogP contribution in [0.25, 0.3) is 0 Å². The number of halogens is 2. The molecular weight excluding hydrogens is 334 g/mol. The minimum absolute atomic E-state index is 0.441. The van der Waals surface area contributed by atoms with E-state index in [1.54, 1.807) is 0 Å². The zero-order valence-corrected chi connectivity index (χ0v) is 14.4. The molecule has 1 aromatic rings. The zero-order chi connectivity index (χ0) is 14.2. The van der Waals surface area contributed by atoms with Gasteiger partial charge in [0.2, 0.25) is 0 Å². The Kier molecular flexibility index (Phi) is 4.45. The summed E-state index contributed by atoms with van der Waals surface area (Å²) in [5, 5.41) is 4.53. The molecule has 0 spiro atoms. The highest BCUT2D eigenvalue weighted by Gasteiger charge is 2.50. The minimum atomic E-state index is 0.441. The summed E-state index contributed by atoms with van der Waals surface area (Å²) >= 11 is 9.96. The molecule has 1 nitrogen and oxygen atoms in total. The van der Waals surface area contributed by atoms with Crippen molar-refractivity contribution >= 4 is 27.5 Å². The van der Waals surface area contributed by atoms with Gasteiger partial charge in [0.25, 0.3) is 0 Å². The Morgan fingerprint density at radius 3 is 2.85 bits per heavy atom. The van der Waals surface area contributed by atoms with E-state index in [2.05, 4.69) is 40.3 Å². The van der Waals surface area contributed by atoms with E-state index in [-0.39, 0.29) is 0 Å². The van der Waals surface area contributed by atoms with Gasteiger partial charge < -0.3 is 5.32 Å². The Hall–Kier alpha value is -0.0500. The molecule has 3 atom stereocenters. The van der Waals surface area contributed by atoms with Crippen LogP contribution in [0.2, 0.25) is 5.02 Å². The standard InChI is InChI=1S/C17H23BrClN/c1-2-20-11-17(9-12-3-5-14(17)7-12)10-13-4-6-15(18)8-16(13)19/h4,6,8,12,14,20H,2-3,5,7,9-11H2,1H3. The van der Waals surface area contributed by atoms with E-state index >= 15 is 0 Å². The number of benzene rings is 1. The van der Waals surface area contributed by atoms with E-state index < -0.39 is 0 Å². The first-order valence-corrected chi connectivity index (χ1v) is 8.95. The lowest BCUT2D eigenvalue weighted by Crippen LogP contribution is -2.40. The number of nitrogens with one attached hydrogen (secondary N) is 1. The quantitative estimate of drug-likeness (QED) is 0.777. The molecule has 0 saturated heterocycles. The van der Waals surface area contributed by atoms with Crippen molar-refractivity contribution in [1.29, 1.82) is 0 Å². The highest BCUT2D eigenvalue weighted by Crippen LogP contribution is 2.57. The zero-order valence-electron chi connectivity index (χ0n) is 12.1. The molecule has 1 N–H and O–H groups in total. The SMILES string of the molecule is CCNCC1(Cc2ccc(Br)cc2Cl)CC2CCC1C2. The number of fused-ring (bicyclic) bond motifs is 2. The first-order chi connectivity index (χ1) is 9.63. The first kappa shape index (κ1) is 14.9. The maximum absolute atomic E-state index is 6.46. The molecule has 2 fully saturated rings. The van der Waals surface area contributed by atoms with Crippen LogP contribution in [0.4, 0.5) is 0 Å². The Balaban J connectivity index is 1.83. The van der Waals surface area contributed by atoms with Crippen molar-refractivity contribution in [2.75, 3.05) is 13.1 Å². The predicted octanol–water partition coefficient (Wildman–Crippen LogP) is 5.06. The average Bonchev–Trinajstić information content (AvgIpc) is 3.01. The Bertz CT molecular complexity index is 490. The highest BCUT2D eigenvalue weighted by atomic mass is 79.9. The molecule has 0 amide bonds. The van der Waals surface area contributed by atoms with Crippen molar-refractivity contribution in [2.24, 2.45) is 17.3 Å². The fourth-order valence-corrected chi connectivity index (χ4v) is 5.21. The van der Waals surface area contributed by atoms with Crippen molar-refractivity contribution in [1.82, 2.24) is 5.32 Å². The van der Waals surface area contributed by atoms with Crippen LogP contribution in [0.3, 0.4) is 0 Å². The van der Waals surface area contributed by atoms with Gasteiger partial charge in [0, 0.05) is 16.0 Å². The number of rotatable bonds is 5. The Morgan fingerprint density at radius 2 is 2.25 bits per heavy atom. The number of hydrogen-bond acceptors (Lipinski definition) is 1. The van der Waals surface area contributed by atoms with Gasteiger partial charge in [-0.05, 0) is 67.2 Å². The van der Waals surface area contributed by atoms with E-state index in [1.807, 2.05) is 6.07 Å². The molecule has 3 unspecified atom stereocenters. The summed E-state index contributed by atoms with van der Waals surface area (Å²) < 4.78 is 1.07. The molecule has 110 valence electrons. The number of hydrogen-bond donors (Lipinski definition) is 1. The van der Waals surface area contributed by atoms with Gasteiger partial charge in [-0.25, -0.2) is 0 Å². The fraction of sp³-hybridized carbons (Fsp3) is 0.647. The Labute approximate surface area is 135 Å². The van der Waals surface area contributed by atoms with Crippen LogP contribution in [0, 0.1) is 17.3 Å². The summed E-state index contributed by atoms with van der Waals surface area (Å²) in [6.45, 7) is 4.41. The van der Waals surface area contributed by atoms with E-state index in [0.29, 0.717) is 5.41 Å². The van der Waals surface area contributed by atoms with Crippen LogP contribution in [0.15, 0.2) is 22.7 Å². The molecule has 2 bridgehead atoms. The summed E-state index contributed by atoms with van der Waals surface area (Å²) in [5.74, 6) is 1.86. The minimum Gasteiger partial charge on any atom is -0.316 e. The molecule has 2 aliphatic rings. The Morgan fingerprint density at radius 1 is 1.40 bits per heavy atom. The van der Waals surface area contributed by atoms with Crippen molar-refractivity contribution in [3.05, 3.63) is 33.3 Å². The topological polar surface area (TPSA) is 12.0 Å². The van der Waals surface area contributed by atoms with Crippen LogP contribution in [0.5, 0.6) is 0 Å². The molecule has 0 aromatic heterocycles. The van der Waals surface area contributed by atoms with Crippen molar-refractivity contribution in [3.8, 4) is 0 Å². The van der Waals surface area contributed by atoms with Gasteiger partial charge in [0.1, 0.15) is 0 Å².